The van der Waals surface area contributed by atoms with Gasteiger partial charge in [0.2, 0.25) is 0 Å². The molecule has 0 amide bonds. The van der Waals surface area contributed by atoms with E-state index in [0.29, 0.717) is 5.54 Å². The minimum Gasteiger partial charge on any atom is -0.348 e. The number of imidazole rings is 1. The zero-order chi connectivity index (χ0) is 12.0. The third kappa shape index (κ3) is 2.00. The van der Waals surface area contributed by atoms with Crippen LogP contribution in [0.15, 0.2) is 12.4 Å². The maximum absolute atomic E-state index is 4.32. The summed E-state index contributed by atoms with van der Waals surface area (Å²) < 4.78 is 0. The third-order valence-corrected chi connectivity index (χ3v) is 4.18. The molecule has 3 aliphatic heterocycles. The first kappa shape index (κ1) is 11.2. The van der Waals surface area contributed by atoms with Crippen LogP contribution < -0.4 is 0 Å². The van der Waals surface area contributed by atoms with Crippen molar-refractivity contribution in [3.05, 3.63) is 18.2 Å². The Morgan fingerprint density at radius 3 is 2.59 bits per heavy atom. The molecule has 3 fully saturated rings. The number of piperidine rings is 1. The van der Waals surface area contributed by atoms with Crippen LogP contribution >= 0.6 is 0 Å². The quantitative estimate of drug-likeness (QED) is 0.841. The lowest BCUT2D eigenvalue weighted by Gasteiger charge is -2.59. The maximum Gasteiger partial charge on any atom is 0.120 e. The first-order valence-corrected chi connectivity index (χ1v) is 6.53. The van der Waals surface area contributed by atoms with Crippen LogP contribution in [-0.4, -0.2) is 50.5 Å². The van der Waals surface area contributed by atoms with Crippen LogP contribution in [0.3, 0.4) is 0 Å². The molecule has 1 aromatic rings. The lowest BCUT2D eigenvalue weighted by Crippen LogP contribution is -2.70. The van der Waals surface area contributed by atoms with Gasteiger partial charge in [-0.15, -0.1) is 0 Å². The number of hydrogen-bond donors (Lipinski definition) is 1. The second kappa shape index (κ2) is 3.82. The Bertz CT molecular complexity index is 367. The van der Waals surface area contributed by atoms with Gasteiger partial charge in [-0.3, -0.25) is 9.80 Å². The van der Waals surface area contributed by atoms with Crippen molar-refractivity contribution in [3.63, 3.8) is 0 Å². The van der Waals surface area contributed by atoms with Crippen molar-refractivity contribution in [1.82, 2.24) is 19.8 Å². The van der Waals surface area contributed by atoms with Gasteiger partial charge in [0.15, 0.2) is 0 Å². The van der Waals surface area contributed by atoms with E-state index in [2.05, 4.69) is 40.5 Å². The average Bonchev–Trinajstić information content (AvgIpc) is 2.77. The van der Waals surface area contributed by atoms with Gasteiger partial charge < -0.3 is 4.98 Å². The van der Waals surface area contributed by atoms with Gasteiger partial charge in [0.05, 0.1) is 6.54 Å². The normalized spacial score (nSPS) is 30.3. The van der Waals surface area contributed by atoms with Crippen LogP contribution in [0.25, 0.3) is 0 Å². The van der Waals surface area contributed by atoms with Gasteiger partial charge in [-0.2, -0.15) is 0 Å². The van der Waals surface area contributed by atoms with Crippen molar-refractivity contribution in [2.45, 2.75) is 51.4 Å². The number of nitrogens with one attached hydrogen (secondary N) is 1. The number of fused-ring (bicyclic) bond motifs is 2. The number of aromatic nitrogens is 2. The Morgan fingerprint density at radius 1 is 1.35 bits per heavy atom. The zero-order valence-corrected chi connectivity index (χ0v) is 11.0. The second-order valence-corrected chi connectivity index (χ2v) is 6.33. The summed E-state index contributed by atoms with van der Waals surface area (Å²) in [4.78, 5) is 12.7. The molecule has 0 spiro atoms. The van der Waals surface area contributed by atoms with Gasteiger partial charge in [0, 0.05) is 43.1 Å². The smallest absolute Gasteiger partial charge is 0.120 e. The molecule has 94 valence electrons. The van der Waals surface area contributed by atoms with Crippen molar-refractivity contribution in [3.8, 4) is 0 Å². The molecule has 0 aromatic carbocycles. The number of aromatic amines is 1. The summed E-state index contributed by atoms with van der Waals surface area (Å²) in [7, 11) is 0. The number of hydrogen-bond acceptors (Lipinski definition) is 3. The Balaban J connectivity index is 1.62. The highest BCUT2D eigenvalue weighted by molar-refractivity contribution is 5.04. The van der Waals surface area contributed by atoms with Crippen LogP contribution in [0.4, 0.5) is 0 Å². The zero-order valence-electron chi connectivity index (χ0n) is 11.0. The minimum atomic E-state index is 0.313. The van der Waals surface area contributed by atoms with E-state index in [4.69, 9.17) is 0 Å². The van der Waals surface area contributed by atoms with Crippen molar-refractivity contribution in [2.75, 3.05) is 13.1 Å². The largest absolute Gasteiger partial charge is 0.348 e. The van der Waals surface area contributed by atoms with E-state index in [-0.39, 0.29) is 0 Å². The topological polar surface area (TPSA) is 35.2 Å². The molecular weight excluding hydrogens is 212 g/mol. The molecule has 4 nitrogen and oxygen atoms in total. The monoisotopic (exact) mass is 234 g/mol. The van der Waals surface area contributed by atoms with Gasteiger partial charge in [-0.1, -0.05) is 0 Å². The molecule has 3 aliphatic rings. The standard InChI is InChI=1S/C13H22N4/c1-13(2,3)16-7-10-6-11(8-16)17(10)9-12-14-4-5-15-12/h4-5,10-11H,6-9H2,1-3H3,(H,14,15). The highest BCUT2D eigenvalue weighted by Gasteiger charge is 2.46. The molecule has 0 aliphatic carbocycles. The van der Waals surface area contributed by atoms with E-state index >= 15 is 0 Å². The van der Waals surface area contributed by atoms with Crippen LogP contribution in [0.5, 0.6) is 0 Å². The number of piperazine rings is 1. The highest BCUT2D eigenvalue weighted by Crippen LogP contribution is 2.35. The summed E-state index contributed by atoms with van der Waals surface area (Å²) in [6.45, 7) is 10.3. The lowest BCUT2D eigenvalue weighted by molar-refractivity contribution is -0.101. The molecule has 4 rings (SSSR count). The number of H-pyrrole nitrogens is 1. The fourth-order valence-corrected chi connectivity index (χ4v) is 3.05. The van der Waals surface area contributed by atoms with Crippen molar-refractivity contribution in [2.24, 2.45) is 0 Å². The van der Waals surface area contributed by atoms with E-state index in [1.54, 1.807) is 0 Å². The molecule has 0 radical (unpaired) electrons. The van der Waals surface area contributed by atoms with E-state index in [1.807, 2.05) is 12.4 Å². The van der Waals surface area contributed by atoms with E-state index in [0.717, 1.165) is 24.5 Å². The minimum absolute atomic E-state index is 0.313. The molecule has 1 N–H and O–H groups in total. The summed E-state index contributed by atoms with van der Waals surface area (Å²) in [5.41, 5.74) is 0.313. The predicted molar refractivity (Wildman–Crippen MR) is 67.6 cm³/mol. The second-order valence-electron chi connectivity index (χ2n) is 6.33. The molecule has 4 heterocycles. The van der Waals surface area contributed by atoms with Gasteiger partial charge in [-0.25, -0.2) is 4.98 Å². The van der Waals surface area contributed by atoms with Crippen LogP contribution in [0, 0.1) is 0 Å². The molecule has 2 bridgehead atoms. The molecule has 0 saturated carbocycles. The maximum atomic E-state index is 4.32. The van der Waals surface area contributed by atoms with Gasteiger partial charge in [0.25, 0.3) is 0 Å². The third-order valence-electron chi connectivity index (χ3n) is 4.18. The molecule has 17 heavy (non-hydrogen) atoms. The highest BCUT2D eigenvalue weighted by atomic mass is 15.4. The summed E-state index contributed by atoms with van der Waals surface area (Å²) in [5, 5.41) is 0. The number of rotatable bonds is 2. The van der Waals surface area contributed by atoms with Crippen LogP contribution in [0.1, 0.15) is 33.0 Å². The Labute approximate surface area is 103 Å². The molecule has 1 aromatic heterocycles. The van der Waals surface area contributed by atoms with E-state index in [9.17, 15) is 0 Å². The fraction of sp³-hybridized carbons (Fsp3) is 0.769. The van der Waals surface area contributed by atoms with E-state index in [1.165, 1.54) is 19.5 Å². The molecule has 3 saturated heterocycles. The molecule has 2 unspecified atom stereocenters. The summed E-state index contributed by atoms with van der Waals surface area (Å²) >= 11 is 0. The first-order valence-electron chi connectivity index (χ1n) is 6.53. The van der Waals surface area contributed by atoms with Crippen molar-refractivity contribution < 1.29 is 0 Å². The summed E-state index contributed by atoms with van der Waals surface area (Å²) in [5.74, 6) is 1.10. The summed E-state index contributed by atoms with van der Waals surface area (Å²) in [6.07, 6.45) is 5.12. The lowest BCUT2D eigenvalue weighted by atomic mass is 9.85. The van der Waals surface area contributed by atoms with Gasteiger partial charge in [0.1, 0.15) is 5.82 Å². The Hall–Kier alpha value is -0.870. The van der Waals surface area contributed by atoms with Gasteiger partial charge >= 0.3 is 0 Å². The predicted octanol–water partition coefficient (Wildman–Crippen LogP) is 1.47. The molecule has 2 atom stereocenters. The van der Waals surface area contributed by atoms with Crippen molar-refractivity contribution >= 4 is 0 Å². The first-order chi connectivity index (χ1) is 8.04. The van der Waals surface area contributed by atoms with Crippen molar-refractivity contribution in [1.29, 1.82) is 0 Å². The number of nitrogens with zero attached hydrogens (tertiary/aromatic N) is 3. The van der Waals surface area contributed by atoms with Crippen LogP contribution in [0.2, 0.25) is 0 Å². The Morgan fingerprint density at radius 2 is 2.06 bits per heavy atom. The van der Waals surface area contributed by atoms with Gasteiger partial charge in [-0.05, 0) is 27.2 Å². The average molecular weight is 234 g/mol. The summed E-state index contributed by atoms with van der Waals surface area (Å²) in [6, 6.07) is 1.47. The van der Waals surface area contributed by atoms with E-state index < -0.39 is 0 Å². The SMILES string of the molecule is CC(C)(C)N1CC2CC(C1)N2Cc1ncc[nH]1. The molecule has 4 heteroatoms. The fourth-order valence-electron chi connectivity index (χ4n) is 3.05. The Kier molecular flexibility index (Phi) is 2.52. The van der Waals surface area contributed by atoms with Crippen LogP contribution in [-0.2, 0) is 6.54 Å². The molecular formula is C13H22N4.